The minimum atomic E-state index is 0.602. The maximum absolute atomic E-state index is 5.39. The average Bonchev–Trinajstić information content (AvgIpc) is 2.30. The van der Waals surface area contributed by atoms with Gasteiger partial charge in [0.1, 0.15) is 0 Å². The second kappa shape index (κ2) is 7.73. The number of hydrogen-bond donors (Lipinski definition) is 1. The fraction of sp³-hybridized carbons (Fsp3) is 0.846. The second-order valence-corrected chi connectivity index (χ2v) is 4.25. The Morgan fingerprint density at radius 1 is 1.47 bits per heavy atom. The smallest absolute Gasteiger partial charge is 0.0469 e. The van der Waals surface area contributed by atoms with E-state index in [9.17, 15) is 0 Å². The highest BCUT2D eigenvalue weighted by Crippen LogP contribution is 2.21. The Hall–Kier alpha value is -0.520. The molecule has 0 aromatic heterocycles. The van der Waals surface area contributed by atoms with Gasteiger partial charge in [0.15, 0.2) is 0 Å². The first-order valence-electron chi connectivity index (χ1n) is 6.13. The summed E-state index contributed by atoms with van der Waals surface area (Å²) in [5, 5.41) is 3.62. The van der Waals surface area contributed by atoms with Gasteiger partial charge in [-0.3, -0.25) is 0 Å². The molecule has 15 heavy (non-hydrogen) atoms. The Kier molecular flexibility index (Phi) is 6.47. The Labute approximate surface area is 93.8 Å². The van der Waals surface area contributed by atoms with Gasteiger partial charge in [-0.25, -0.2) is 0 Å². The molecule has 1 saturated heterocycles. The van der Waals surface area contributed by atoms with E-state index >= 15 is 0 Å². The standard InChI is InChI=1S/C13H23NO/c1-3-5-6-13(14-9-4-2)12-7-10-15-11-8-12/h1,12-14H,4-11H2,2H3. The number of terminal acetylenes is 1. The molecule has 2 heteroatoms. The summed E-state index contributed by atoms with van der Waals surface area (Å²) in [6.45, 7) is 5.15. The van der Waals surface area contributed by atoms with Crippen molar-refractivity contribution in [1.82, 2.24) is 5.32 Å². The molecule has 1 heterocycles. The van der Waals surface area contributed by atoms with Gasteiger partial charge in [-0.05, 0) is 38.1 Å². The first-order valence-corrected chi connectivity index (χ1v) is 6.13. The van der Waals surface area contributed by atoms with Crippen LogP contribution >= 0.6 is 0 Å². The zero-order valence-electron chi connectivity index (χ0n) is 9.80. The summed E-state index contributed by atoms with van der Waals surface area (Å²) in [7, 11) is 0. The van der Waals surface area contributed by atoms with Gasteiger partial charge in [0.25, 0.3) is 0 Å². The lowest BCUT2D eigenvalue weighted by molar-refractivity contribution is 0.0528. The maximum atomic E-state index is 5.39. The molecular formula is C13H23NO. The molecule has 0 saturated carbocycles. The van der Waals surface area contributed by atoms with Gasteiger partial charge in [0, 0.05) is 25.7 Å². The molecule has 0 bridgehead atoms. The van der Waals surface area contributed by atoms with Crippen molar-refractivity contribution in [3.63, 3.8) is 0 Å². The van der Waals surface area contributed by atoms with Gasteiger partial charge in [-0.15, -0.1) is 12.3 Å². The molecule has 1 aliphatic rings. The molecule has 0 radical (unpaired) electrons. The zero-order chi connectivity index (χ0) is 10.9. The van der Waals surface area contributed by atoms with Gasteiger partial charge < -0.3 is 10.1 Å². The molecule has 1 aliphatic heterocycles. The molecule has 0 aromatic carbocycles. The molecule has 86 valence electrons. The summed E-state index contributed by atoms with van der Waals surface area (Å²) in [4.78, 5) is 0. The zero-order valence-corrected chi connectivity index (χ0v) is 9.80. The van der Waals surface area contributed by atoms with Crippen molar-refractivity contribution in [3.8, 4) is 12.3 Å². The largest absolute Gasteiger partial charge is 0.381 e. The van der Waals surface area contributed by atoms with Crippen molar-refractivity contribution in [3.05, 3.63) is 0 Å². The van der Waals surface area contributed by atoms with Gasteiger partial charge in [0.2, 0.25) is 0 Å². The molecule has 0 amide bonds. The lowest BCUT2D eigenvalue weighted by atomic mass is 9.89. The van der Waals surface area contributed by atoms with Crippen LogP contribution in [0, 0.1) is 18.3 Å². The van der Waals surface area contributed by atoms with E-state index in [1.165, 1.54) is 19.3 Å². The third kappa shape index (κ3) is 4.68. The molecule has 1 atom stereocenters. The first kappa shape index (κ1) is 12.5. The van der Waals surface area contributed by atoms with Gasteiger partial charge >= 0.3 is 0 Å². The Bertz CT molecular complexity index is 191. The van der Waals surface area contributed by atoms with Gasteiger partial charge in [-0.1, -0.05) is 6.92 Å². The topological polar surface area (TPSA) is 21.3 Å². The minimum Gasteiger partial charge on any atom is -0.381 e. The van der Waals surface area contributed by atoms with Crippen LogP contribution in [0.5, 0.6) is 0 Å². The van der Waals surface area contributed by atoms with Crippen LogP contribution in [0.1, 0.15) is 39.0 Å². The normalized spacial score (nSPS) is 19.7. The predicted molar refractivity (Wildman–Crippen MR) is 63.7 cm³/mol. The third-order valence-corrected chi connectivity index (χ3v) is 3.09. The van der Waals surface area contributed by atoms with Crippen LogP contribution in [0.2, 0.25) is 0 Å². The predicted octanol–water partition coefficient (Wildman–Crippen LogP) is 2.19. The molecule has 1 unspecified atom stereocenters. The van der Waals surface area contributed by atoms with Crippen LogP contribution in [0.4, 0.5) is 0 Å². The second-order valence-electron chi connectivity index (χ2n) is 4.25. The Morgan fingerprint density at radius 2 is 2.20 bits per heavy atom. The van der Waals surface area contributed by atoms with Crippen LogP contribution in [0.3, 0.4) is 0 Å². The maximum Gasteiger partial charge on any atom is 0.0469 e. The average molecular weight is 209 g/mol. The van der Waals surface area contributed by atoms with Crippen molar-refractivity contribution in [1.29, 1.82) is 0 Å². The number of nitrogens with one attached hydrogen (secondary N) is 1. The number of ether oxygens (including phenoxy) is 1. The molecule has 0 spiro atoms. The first-order chi connectivity index (χ1) is 7.38. The molecule has 1 rings (SSSR count). The number of hydrogen-bond acceptors (Lipinski definition) is 2. The molecular weight excluding hydrogens is 186 g/mol. The summed E-state index contributed by atoms with van der Waals surface area (Å²) < 4.78 is 5.39. The van der Waals surface area contributed by atoms with E-state index in [0.717, 1.165) is 38.5 Å². The van der Waals surface area contributed by atoms with Gasteiger partial charge in [-0.2, -0.15) is 0 Å². The van der Waals surface area contributed by atoms with E-state index in [0.29, 0.717) is 6.04 Å². The van der Waals surface area contributed by atoms with E-state index < -0.39 is 0 Å². The fourth-order valence-electron chi connectivity index (χ4n) is 2.19. The van der Waals surface area contributed by atoms with E-state index in [1.807, 2.05) is 0 Å². The van der Waals surface area contributed by atoms with E-state index in [4.69, 9.17) is 11.2 Å². The van der Waals surface area contributed by atoms with Crippen LogP contribution in [0.15, 0.2) is 0 Å². The molecule has 1 N–H and O–H groups in total. The summed E-state index contributed by atoms with van der Waals surface area (Å²) in [6, 6.07) is 0.602. The van der Waals surface area contributed by atoms with Crippen molar-refractivity contribution in [2.24, 2.45) is 5.92 Å². The van der Waals surface area contributed by atoms with Crippen molar-refractivity contribution in [2.45, 2.75) is 45.1 Å². The Morgan fingerprint density at radius 3 is 2.80 bits per heavy atom. The molecule has 0 aliphatic carbocycles. The Balaban J connectivity index is 2.34. The van der Waals surface area contributed by atoms with E-state index in [-0.39, 0.29) is 0 Å². The van der Waals surface area contributed by atoms with Crippen LogP contribution in [-0.4, -0.2) is 25.8 Å². The fourth-order valence-corrected chi connectivity index (χ4v) is 2.19. The highest BCUT2D eigenvalue weighted by Gasteiger charge is 2.22. The van der Waals surface area contributed by atoms with E-state index in [2.05, 4.69) is 18.2 Å². The van der Waals surface area contributed by atoms with Crippen molar-refractivity contribution >= 4 is 0 Å². The summed E-state index contributed by atoms with van der Waals surface area (Å²) >= 11 is 0. The molecule has 0 aromatic rings. The summed E-state index contributed by atoms with van der Waals surface area (Å²) in [6.07, 6.45) is 10.9. The SMILES string of the molecule is C#CCCC(NCCC)C1CCOCC1. The number of rotatable bonds is 6. The quantitative estimate of drug-likeness (QED) is 0.677. The van der Waals surface area contributed by atoms with Crippen molar-refractivity contribution < 1.29 is 4.74 Å². The van der Waals surface area contributed by atoms with Gasteiger partial charge in [0.05, 0.1) is 0 Å². The van der Waals surface area contributed by atoms with E-state index in [1.54, 1.807) is 0 Å². The monoisotopic (exact) mass is 209 g/mol. The van der Waals surface area contributed by atoms with Crippen LogP contribution in [0.25, 0.3) is 0 Å². The lowest BCUT2D eigenvalue weighted by Crippen LogP contribution is -2.39. The highest BCUT2D eigenvalue weighted by atomic mass is 16.5. The van der Waals surface area contributed by atoms with Crippen LogP contribution in [-0.2, 0) is 4.74 Å². The third-order valence-electron chi connectivity index (χ3n) is 3.09. The highest BCUT2D eigenvalue weighted by molar-refractivity contribution is 4.88. The molecule has 1 fully saturated rings. The lowest BCUT2D eigenvalue weighted by Gasteiger charge is -2.30. The summed E-state index contributed by atoms with van der Waals surface area (Å²) in [5.74, 6) is 3.51. The molecule has 2 nitrogen and oxygen atoms in total. The minimum absolute atomic E-state index is 0.602. The van der Waals surface area contributed by atoms with Crippen molar-refractivity contribution in [2.75, 3.05) is 19.8 Å². The van der Waals surface area contributed by atoms with Crippen LogP contribution < -0.4 is 5.32 Å². The summed E-state index contributed by atoms with van der Waals surface area (Å²) in [5.41, 5.74) is 0.